The highest BCUT2D eigenvalue weighted by atomic mass is 79.9. The van der Waals surface area contributed by atoms with Gasteiger partial charge in [-0.1, -0.05) is 0 Å². The Kier molecular flexibility index (Phi) is 3.58. The first-order chi connectivity index (χ1) is 8.15. The van der Waals surface area contributed by atoms with Crippen molar-refractivity contribution in [3.05, 3.63) is 52.3 Å². The molecular weight excluding hydrogens is 282 g/mol. The molecule has 17 heavy (non-hydrogen) atoms. The van der Waals surface area contributed by atoms with Gasteiger partial charge in [0.15, 0.2) is 5.82 Å². The molecule has 0 saturated heterocycles. The summed E-state index contributed by atoms with van der Waals surface area (Å²) >= 11 is 3.29. The molecule has 0 bridgehead atoms. The highest BCUT2D eigenvalue weighted by Gasteiger charge is 2.10. The van der Waals surface area contributed by atoms with Crippen LogP contribution in [0.15, 0.2) is 35.2 Å². The Morgan fingerprint density at radius 1 is 1.18 bits per heavy atom. The average molecular weight is 292 g/mol. The fourth-order valence-electron chi connectivity index (χ4n) is 1.29. The first kappa shape index (κ1) is 11.9. The fourth-order valence-corrected chi connectivity index (χ4v) is 1.53. The van der Waals surface area contributed by atoms with Crippen LogP contribution in [0.4, 0.5) is 0 Å². The Hall–Kier alpha value is -1.62. The predicted octanol–water partition coefficient (Wildman–Crippen LogP) is 2.37. The summed E-state index contributed by atoms with van der Waals surface area (Å²) in [5.41, 5.74) is 1.64. The zero-order chi connectivity index (χ0) is 12.3. The molecular formula is C12H10BrN3O. The van der Waals surface area contributed by atoms with Gasteiger partial charge in [-0.15, -0.1) is 0 Å². The zero-order valence-electron chi connectivity index (χ0n) is 9.22. The van der Waals surface area contributed by atoms with Crippen LogP contribution < -0.4 is 0 Å². The van der Waals surface area contributed by atoms with Crippen molar-refractivity contribution >= 4 is 21.7 Å². The Bertz CT molecular complexity index is 522. The highest BCUT2D eigenvalue weighted by Crippen LogP contribution is 2.09. The molecule has 0 unspecified atom stereocenters. The minimum absolute atomic E-state index is 0.125. The van der Waals surface area contributed by atoms with Crippen LogP contribution in [0.2, 0.25) is 0 Å². The van der Waals surface area contributed by atoms with Crippen molar-refractivity contribution in [3.63, 3.8) is 0 Å². The molecule has 5 heteroatoms. The summed E-state index contributed by atoms with van der Waals surface area (Å²) in [5, 5.41) is 0. The van der Waals surface area contributed by atoms with Crippen molar-refractivity contribution < 1.29 is 4.79 Å². The summed E-state index contributed by atoms with van der Waals surface area (Å²) in [5.74, 6) is 0.111. The molecule has 2 aromatic heterocycles. The number of aromatic nitrogens is 3. The molecule has 0 aromatic carbocycles. The van der Waals surface area contributed by atoms with Crippen molar-refractivity contribution in [3.8, 4) is 0 Å². The van der Waals surface area contributed by atoms with Gasteiger partial charge >= 0.3 is 0 Å². The lowest BCUT2D eigenvalue weighted by Crippen LogP contribution is -2.09. The summed E-state index contributed by atoms with van der Waals surface area (Å²) in [4.78, 5) is 24.0. The van der Waals surface area contributed by atoms with Crippen LogP contribution in [0.1, 0.15) is 21.9 Å². The number of Topliss-reactive ketones (excluding diaryl/α,β-unsaturated/α-hetero) is 1. The lowest BCUT2D eigenvalue weighted by molar-refractivity contribution is 0.0982. The van der Waals surface area contributed by atoms with Crippen molar-refractivity contribution in [2.75, 3.05) is 0 Å². The van der Waals surface area contributed by atoms with E-state index in [-0.39, 0.29) is 18.0 Å². The molecule has 0 fully saturated rings. The molecule has 0 amide bonds. The third-order valence-corrected chi connectivity index (χ3v) is 2.63. The number of halogens is 1. The van der Waals surface area contributed by atoms with E-state index in [1.807, 2.05) is 13.0 Å². The molecule has 2 heterocycles. The van der Waals surface area contributed by atoms with Crippen molar-refractivity contribution in [2.45, 2.75) is 13.3 Å². The highest BCUT2D eigenvalue weighted by molar-refractivity contribution is 9.10. The molecule has 2 aromatic rings. The van der Waals surface area contributed by atoms with Gasteiger partial charge in [0.1, 0.15) is 0 Å². The summed E-state index contributed by atoms with van der Waals surface area (Å²) in [7, 11) is 0. The molecule has 4 nitrogen and oxygen atoms in total. The largest absolute Gasteiger partial charge is 0.290 e. The number of hydrogen-bond donors (Lipinski definition) is 0. The maximum absolute atomic E-state index is 11.8. The van der Waals surface area contributed by atoms with E-state index < -0.39 is 0 Å². The van der Waals surface area contributed by atoms with E-state index in [0.717, 1.165) is 10.0 Å². The first-order valence-corrected chi connectivity index (χ1v) is 5.87. The fraction of sp³-hybridized carbons (Fsp3) is 0.167. The van der Waals surface area contributed by atoms with Crippen molar-refractivity contribution in [1.82, 2.24) is 15.0 Å². The van der Waals surface area contributed by atoms with Crippen LogP contribution in [-0.4, -0.2) is 20.7 Å². The summed E-state index contributed by atoms with van der Waals surface area (Å²) in [6, 6.07) is 3.65. The average Bonchev–Trinajstić information content (AvgIpc) is 2.33. The molecule has 86 valence electrons. The molecule has 0 spiro atoms. The van der Waals surface area contributed by atoms with Gasteiger partial charge in [0, 0.05) is 28.8 Å². The lowest BCUT2D eigenvalue weighted by Gasteiger charge is -2.00. The zero-order valence-corrected chi connectivity index (χ0v) is 10.8. The third kappa shape index (κ3) is 3.17. The Morgan fingerprint density at radius 2 is 1.88 bits per heavy atom. The standard InChI is InChI=1S/C12H10BrN3O/c1-8-5-15-12(16-6-8)11(17)4-10-3-2-9(13)7-14-10/h2-3,5-7H,4H2,1H3. The molecule has 0 N–H and O–H groups in total. The van der Waals surface area contributed by atoms with Crippen molar-refractivity contribution in [1.29, 1.82) is 0 Å². The van der Waals surface area contributed by atoms with Gasteiger partial charge in [0.2, 0.25) is 5.78 Å². The van der Waals surface area contributed by atoms with Crippen LogP contribution in [0.3, 0.4) is 0 Å². The SMILES string of the molecule is Cc1cnc(C(=O)Cc2ccc(Br)cn2)nc1. The molecule has 0 radical (unpaired) electrons. The van der Waals surface area contributed by atoms with Crippen LogP contribution in [0, 0.1) is 6.92 Å². The molecule has 0 aliphatic rings. The number of nitrogens with zero attached hydrogens (tertiary/aromatic N) is 3. The van der Waals surface area contributed by atoms with E-state index >= 15 is 0 Å². The van der Waals surface area contributed by atoms with E-state index in [1.54, 1.807) is 24.7 Å². The molecule has 0 aliphatic heterocycles. The number of pyridine rings is 1. The number of ketones is 1. The molecule has 0 aliphatic carbocycles. The van der Waals surface area contributed by atoms with Crippen LogP contribution in [0.5, 0.6) is 0 Å². The second-order valence-electron chi connectivity index (χ2n) is 3.65. The number of hydrogen-bond acceptors (Lipinski definition) is 4. The quantitative estimate of drug-likeness (QED) is 0.815. The van der Waals surface area contributed by atoms with Crippen LogP contribution >= 0.6 is 15.9 Å². The minimum atomic E-state index is -0.125. The van der Waals surface area contributed by atoms with Gasteiger partial charge in [0.05, 0.1) is 6.42 Å². The third-order valence-electron chi connectivity index (χ3n) is 2.16. The molecule has 0 saturated carbocycles. The lowest BCUT2D eigenvalue weighted by atomic mass is 10.2. The normalized spacial score (nSPS) is 10.2. The second-order valence-corrected chi connectivity index (χ2v) is 4.57. The number of rotatable bonds is 3. The summed E-state index contributed by atoms with van der Waals surface area (Å²) < 4.78 is 0.889. The number of carbonyl (C=O) groups excluding carboxylic acids is 1. The van der Waals surface area contributed by atoms with Gasteiger partial charge < -0.3 is 0 Å². The van der Waals surface area contributed by atoms with Gasteiger partial charge in [-0.05, 0) is 40.5 Å². The monoisotopic (exact) mass is 291 g/mol. The van der Waals surface area contributed by atoms with E-state index in [4.69, 9.17) is 0 Å². The second kappa shape index (κ2) is 5.14. The maximum Gasteiger partial charge on any atom is 0.205 e. The Labute approximate surface area is 107 Å². The summed E-state index contributed by atoms with van der Waals surface area (Å²) in [6.07, 6.45) is 5.15. The summed E-state index contributed by atoms with van der Waals surface area (Å²) in [6.45, 7) is 1.88. The smallest absolute Gasteiger partial charge is 0.205 e. The molecule has 2 rings (SSSR count). The Balaban J connectivity index is 2.11. The van der Waals surface area contributed by atoms with Crippen LogP contribution in [-0.2, 0) is 6.42 Å². The predicted molar refractivity (Wildman–Crippen MR) is 66.7 cm³/mol. The van der Waals surface area contributed by atoms with E-state index in [2.05, 4.69) is 30.9 Å². The minimum Gasteiger partial charge on any atom is -0.290 e. The topological polar surface area (TPSA) is 55.7 Å². The molecule has 0 atom stereocenters. The van der Waals surface area contributed by atoms with E-state index in [9.17, 15) is 4.79 Å². The van der Waals surface area contributed by atoms with Gasteiger partial charge in [-0.25, -0.2) is 9.97 Å². The van der Waals surface area contributed by atoms with Crippen molar-refractivity contribution in [2.24, 2.45) is 0 Å². The number of aryl methyl sites for hydroxylation is 1. The first-order valence-electron chi connectivity index (χ1n) is 5.07. The maximum atomic E-state index is 11.8. The van der Waals surface area contributed by atoms with E-state index in [0.29, 0.717) is 5.69 Å². The van der Waals surface area contributed by atoms with Gasteiger partial charge in [-0.3, -0.25) is 9.78 Å². The van der Waals surface area contributed by atoms with Gasteiger partial charge in [-0.2, -0.15) is 0 Å². The van der Waals surface area contributed by atoms with E-state index in [1.165, 1.54) is 0 Å². The van der Waals surface area contributed by atoms with Crippen LogP contribution in [0.25, 0.3) is 0 Å². The van der Waals surface area contributed by atoms with Gasteiger partial charge in [0.25, 0.3) is 0 Å². The Morgan fingerprint density at radius 3 is 2.47 bits per heavy atom. The number of carbonyl (C=O) groups is 1.